The first-order chi connectivity index (χ1) is 14.2. The molecule has 150 valence electrons. The van der Waals surface area contributed by atoms with Crippen LogP contribution in [0.2, 0.25) is 0 Å². The summed E-state index contributed by atoms with van der Waals surface area (Å²) in [6, 6.07) is 6.96. The number of carbonyl (C=O) groups excluding carboxylic acids is 1. The Morgan fingerprint density at radius 3 is 2.55 bits per heavy atom. The molecule has 1 aromatic carbocycles. The molecule has 3 aromatic rings. The van der Waals surface area contributed by atoms with Gasteiger partial charge in [0.15, 0.2) is 0 Å². The monoisotopic (exact) mass is 408 g/mol. The largest absolute Gasteiger partial charge is 0.338 e. The average molecular weight is 409 g/mol. The van der Waals surface area contributed by atoms with Crippen molar-refractivity contribution in [3.05, 3.63) is 41.7 Å². The predicted octanol–water partition coefficient (Wildman–Crippen LogP) is 3.10. The van der Waals surface area contributed by atoms with Crippen molar-refractivity contribution >= 4 is 39.1 Å². The molecule has 0 N–H and O–H groups in total. The molecule has 4 heterocycles. The van der Waals surface area contributed by atoms with Gasteiger partial charge in [0.05, 0.1) is 33.8 Å². The summed E-state index contributed by atoms with van der Waals surface area (Å²) >= 11 is 1.68. The Balaban J connectivity index is 1.22. The van der Waals surface area contributed by atoms with Gasteiger partial charge in [0.2, 0.25) is 11.9 Å². The summed E-state index contributed by atoms with van der Waals surface area (Å²) in [4.78, 5) is 31.9. The minimum absolute atomic E-state index is 0.166. The van der Waals surface area contributed by atoms with Crippen LogP contribution in [0, 0.1) is 0 Å². The van der Waals surface area contributed by atoms with Gasteiger partial charge in [-0.1, -0.05) is 6.07 Å². The van der Waals surface area contributed by atoms with E-state index in [-0.39, 0.29) is 5.91 Å². The van der Waals surface area contributed by atoms with Gasteiger partial charge in [0.1, 0.15) is 0 Å². The second kappa shape index (κ2) is 7.68. The van der Waals surface area contributed by atoms with Crippen LogP contribution in [0.3, 0.4) is 0 Å². The first-order valence-corrected chi connectivity index (χ1v) is 11.0. The van der Waals surface area contributed by atoms with Gasteiger partial charge in [-0.05, 0) is 31.0 Å². The van der Waals surface area contributed by atoms with Crippen LogP contribution in [0.15, 0.2) is 36.1 Å². The average Bonchev–Trinajstić information content (AvgIpc) is 3.41. The standard InChI is InChI=1S/C21H24N6OS/c1-15(16-4-5-19-18(11-16)24-14-29-19)25-7-9-26(10-8-25)21-22-12-17(13-23-21)27-6-2-3-20(27)28/h4-5,11-15H,2-3,6-10H2,1H3. The number of amides is 1. The van der Waals surface area contributed by atoms with E-state index in [2.05, 4.69) is 49.9 Å². The molecule has 2 aromatic heterocycles. The highest BCUT2D eigenvalue weighted by Crippen LogP contribution is 2.27. The van der Waals surface area contributed by atoms with Crippen LogP contribution in [-0.2, 0) is 4.79 Å². The highest BCUT2D eigenvalue weighted by molar-refractivity contribution is 7.16. The highest BCUT2D eigenvalue weighted by Gasteiger charge is 2.25. The number of piperazine rings is 1. The third-order valence-electron chi connectivity index (χ3n) is 5.99. The SMILES string of the molecule is CC(c1ccc2scnc2c1)N1CCN(c2ncc(N3CCCC3=O)cn2)CC1. The van der Waals surface area contributed by atoms with Crippen LogP contribution in [0.25, 0.3) is 10.2 Å². The van der Waals surface area contributed by atoms with E-state index in [1.807, 2.05) is 5.51 Å². The lowest BCUT2D eigenvalue weighted by Crippen LogP contribution is -2.47. The van der Waals surface area contributed by atoms with Gasteiger partial charge in [-0.2, -0.15) is 0 Å². The molecule has 0 aliphatic carbocycles. The maximum absolute atomic E-state index is 11.9. The molecule has 2 aliphatic heterocycles. The minimum Gasteiger partial charge on any atom is -0.338 e. The lowest BCUT2D eigenvalue weighted by atomic mass is 10.1. The molecular weight excluding hydrogens is 384 g/mol. The fraction of sp³-hybridized carbons (Fsp3) is 0.429. The Labute approximate surface area is 174 Å². The first kappa shape index (κ1) is 18.4. The molecule has 8 heteroatoms. The Morgan fingerprint density at radius 1 is 1.03 bits per heavy atom. The summed E-state index contributed by atoms with van der Waals surface area (Å²) < 4.78 is 1.24. The molecule has 7 nitrogen and oxygen atoms in total. The van der Waals surface area contributed by atoms with Crippen LogP contribution in [0.1, 0.15) is 31.4 Å². The lowest BCUT2D eigenvalue weighted by molar-refractivity contribution is -0.117. The molecule has 1 amide bonds. The maximum Gasteiger partial charge on any atom is 0.227 e. The molecule has 29 heavy (non-hydrogen) atoms. The Hall–Kier alpha value is -2.58. The molecule has 0 radical (unpaired) electrons. The van der Waals surface area contributed by atoms with Crippen LogP contribution in [0.5, 0.6) is 0 Å². The van der Waals surface area contributed by atoms with E-state index in [0.717, 1.165) is 56.3 Å². The van der Waals surface area contributed by atoms with Crippen LogP contribution >= 0.6 is 11.3 Å². The van der Waals surface area contributed by atoms with Crippen molar-refractivity contribution in [3.8, 4) is 0 Å². The second-order valence-corrected chi connectivity index (χ2v) is 8.56. The summed E-state index contributed by atoms with van der Waals surface area (Å²) in [6.45, 7) is 6.75. The molecule has 0 spiro atoms. The predicted molar refractivity (Wildman–Crippen MR) is 115 cm³/mol. The number of anilines is 2. The number of benzene rings is 1. The van der Waals surface area contributed by atoms with Crippen molar-refractivity contribution in [2.75, 3.05) is 42.5 Å². The second-order valence-electron chi connectivity index (χ2n) is 7.67. The van der Waals surface area contributed by atoms with E-state index in [1.54, 1.807) is 28.6 Å². The van der Waals surface area contributed by atoms with E-state index >= 15 is 0 Å². The van der Waals surface area contributed by atoms with E-state index < -0.39 is 0 Å². The van der Waals surface area contributed by atoms with Gasteiger partial charge < -0.3 is 9.80 Å². The normalized spacial score (nSPS) is 19.3. The number of carbonyl (C=O) groups is 1. The molecule has 0 bridgehead atoms. The smallest absolute Gasteiger partial charge is 0.227 e. The Kier molecular flexibility index (Phi) is 4.89. The van der Waals surface area contributed by atoms with Gasteiger partial charge in [-0.15, -0.1) is 11.3 Å². The van der Waals surface area contributed by atoms with Crippen molar-refractivity contribution in [1.82, 2.24) is 19.9 Å². The fourth-order valence-corrected chi connectivity index (χ4v) is 4.85. The zero-order chi connectivity index (χ0) is 19.8. The molecule has 2 saturated heterocycles. The third kappa shape index (κ3) is 3.58. The Morgan fingerprint density at radius 2 is 1.83 bits per heavy atom. The van der Waals surface area contributed by atoms with Crippen LogP contribution in [-0.4, -0.2) is 58.5 Å². The topological polar surface area (TPSA) is 65.5 Å². The summed E-state index contributed by atoms with van der Waals surface area (Å²) in [7, 11) is 0. The summed E-state index contributed by atoms with van der Waals surface area (Å²) in [5.74, 6) is 0.913. The van der Waals surface area contributed by atoms with Crippen molar-refractivity contribution < 1.29 is 4.79 Å². The maximum atomic E-state index is 11.9. The summed E-state index contributed by atoms with van der Waals surface area (Å²) in [6.07, 6.45) is 5.10. The highest BCUT2D eigenvalue weighted by atomic mass is 32.1. The molecule has 5 rings (SSSR count). The molecule has 2 fully saturated rings. The van der Waals surface area contributed by atoms with E-state index in [9.17, 15) is 4.79 Å². The Bertz CT molecular complexity index is 1010. The van der Waals surface area contributed by atoms with Crippen molar-refractivity contribution in [1.29, 1.82) is 0 Å². The quantitative estimate of drug-likeness (QED) is 0.661. The number of aromatic nitrogens is 3. The number of rotatable bonds is 4. The van der Waals surface area contributed by atoms with Gasteiger partial charge in [-0.25, -0.2) is 15.0 Å². The number of hydrogen-bond acceptors (Lipinski definition) is 7. The van der Waals surface area contributed by atoms with Crippen molar-refractivity contribution in [2.45, 2.75) is 25.8 Å². The zero-order valence-electron chi connectivity index (χ0n) is 16.5. The van der Waals surface area contributed by atoms with Crippen molar-refractivity contribution in [3.63, 3.8) is 0 Å². The van der Waals surface area contributed by atoms with Gasteiger partial charge in [0, 0.05) is 45.2 Å². The van der Waals surface area contributed by atoms with Gasteiger partial charge in [-0.3, -0.25) is 9.69 Å². The number of hydrogen-bond donors (Lipinski definition) is 0. The van der Waals surface area contributed by atoms with Crippen LogP contribution in [0.4, 0.5) is 11.6 Å². The number of nitrogens with zero attached hydrogens (tertiary/aromatic N) is 6. The fourth-order valence-electron chi connectivity index (χ4n) is 4.19. The minimum atomic E-state index is 0.166. The molecule has 1 unspecified atom stereocenters. The van der Waals surface area contributed by atoms with Gasteiger partial charge >= 0.3 is 0 Å². The lowest BCUT2D eigenvalue weighted by Gasteiger charge is -2.38. The van der Waals surface area contributed by atoms with Gasteiger partial charge in [0.25, 0.3) is 0 Å². The molecular formula is C21H24N6OS. The molecule has 1 atom stereocenters. The first-order valence-electron chi connectivity index (χ1n) is 10.1. The van der Waals surface area contributed by atoms with E-state index in [1.165, 1.54) is 10.3 Å². The number of fused-ring (bicyclic) bond motifs is 1. The summed E-state index contributed by atoms with van der Waals surface area (Å²) in [5.41, 5.74) is 5.11. The molecule has 2 aliphatic rings. The van der Waals surface area contributed by atoms with Crippen LogP contribution < -0.4 is 9.80 Å². The summed E-state index contributed by atoms with van der Waals surface area (Å²) in [5, 5.41) is 0. The van der Waals surface area contributed by atoms with E-state index in [0.29, 0.717) is 12.5 Å². The van der Waals surface area contributed by atoms with Crippen molar-refractivity contribution in [2.24, 2.45) is 0 Å². The van der Waals surface area contributed by atoms with E-state index in [4.69, 9.17) is 0 Å². The third-order valence-corrected chi connectivity index (χ3v) is 6.80. The number of thiazole rings is 1. The zero-order valence-corrected chi connectivity index (χ0v) is 17.3. The molecule has 0 saturated carbocycles.